The monoisotopic (exact) mass is 566 g/mol. The van der Waals surface area contributed by atoms with Crippen LogP contribution in [0.1, 0.15) is 107 Å². The van der Waals surface area contributed by atoms with E-state index in [1.54, 1.807) is 11.3 Å². The van der Waals surface area contributed by atoms with E-state index < -0.39 is 0 Å². The molecule has 1 aromatic heterocycles. The van der Waals surface area contributed by atoms with E-state index in [1.807, 2.05) is 11.4 Å². The Bertz CT molecular complexity index is 1180. The van der Waals surface area contributed by atoms with Crippen LogP contribution in [-0.4, -0.2) is 53.9 Å². The van der Waals surface area contributed by atoms with Gasteiger partial charge >= 0.3 is 5.97 Å². The molecule has 40 heavy (non-hydrogen) atoms. The zero-order chi connectivity index (χ0) is 28.4. The number of allylic oxidation sites excluding steroid dienone is 2. The number of likely N-dealkylation sites (tertiary alicyclic amines) is 1. The van der Waals surface area contributed by atoms with Crippen LogP contribution < -0.4 is 5.32 Å². The Balaban J connectivity index is 1.25. The number of hydrogen-bond donors (Lipinski definition) is 1. The SMILES string of the molecule is CCC1C2CC(/C=C3/CC(C(C)C)=NN=C3C)CC2N1CC[C@H](NC(=O)C1CCCC1)c1cc(C(=O)OC)cs1. The number of hydrogen-bond acceptors (Lipinski definition) is 7. The van der Waals surface area contributed by atoms with E-state index in [4.69, 9.17) is 4.74 Å². The van der Waals surface area contributed by atoms with E-state index in [0.717, 1.165) is 68.0 Å². The summed E-state index contributed by atoms with van der Waals surface area (Å²) in [6, 6.07) is 3.03. The van der Waals surface area contributed by atoms with Gasteiger partial charge in [0.15, 0.2) is 0 Å². The highest BCUT2D eigenvalue weighted by Crippen LogP contribution is 2.49. The maximum absolute atomic E-state index is 13.1. The van der Waals surface area contributed by atoms with Crippen LogP contribution in [0.2, 0.25) is 0 Å². The minimum atomic E-state index is -0.323. The third kappa shape index (κ3) is 6.13. The number of nitrogens with one attached hydrogen (secondary N) is 1. The molecule has 0 aromatic carbocycles. The van der Waals surface area contributed by atoms with E-state index in [2.05, 4.69) is 54.2 Å². The second kappa shape index (κ2) is 12.7. The van der Waals surface area contributed by atoms with Crippen molar-refractivity contribution in [2.45, 2.75) is 104 Å². The maximum Gasteiger partial charge on any atom is 0.338 e. The molecule has 0 radical (unpaired) electrons. The molecule has 0 spiro atoms. The fourth-order valence-electron chi connectivity index (χ4n) is 7.43. The lowest BCUT2D eigenvalue weighted by Gasteiger charge is -2.53. The molecule has 7 nitrogen and oxygen atoms in total. The third-order valence-corrected chi connectivity index (χ3v) is 10.8. The standard InChI is InChI=1S/C32H46N4O3S/c1-6-28-25-14-21(13-23-16-27(19(2)3)35-34-20(23)4)15-29(25)36(28)12-11-26(33-31(37)22-9-7-8-10-22)30-17-24(18-40-30)32(38)39-5/h13,17-19,21-22,25-26,28-29H,6-12,14-16H2,1-5H3,(H,33,37)/b23-13-/t21?,25?,26-,28?,29?/m0/s1. The van der Waals surface area contributed by atoms with Gasteiger partial charge in [0, 0.05) is 46.9 Å². The number of nitrogens with zero attached hydrogens (tertiary/aromatic N) is 3. The van der Waals surface area contributed by atoms with Gasteiger partial charge in [-0.1, -0.05) is 39.7 Å². The molecular formula is C32H46N4O3S. The molecule has 0 bridgehead atoms. The number of carbonyl (C=O) groups excluding carboxylic acids is 2. The Morgan fingerprint density at radius 3 is 2.70 bits per heavy atom. The number of ether oxygens (including phenoxy) is 1. The van der Waals surface area contributed by atoms with Crippen molar-refractivity contribution >= 4 is 34.6 Å². The van der Waals surface area contributed by atoms with Crippen LogP contribution in [0.5, 0.6) is 0 Å². The summed E-state index contributed by atoms with van der Waals surface area (Å²) < 4.78 is 4.93. The Kier molecular flexibility index (Phi) is 9.25. The summed E-state index contributed by atoms with van der Waals surface area (Å²) >= 11 is 1.55. The molecule has 5 atom stereocenters. The Morgan fingerprint density at radius 1 is 1.23 bits per heavy atom. The van der Waals surface area contributed by atoms with Crippen LogP contribution in [-0.2, 0) is 9.53 Å². The van der Waals surface area contributed by atoms with Crippen molar-refractivity contribution in [3.8, 4) is 0 Å². The van der Waals surface area contributed by atoms with E-state index in [9.17, 15) is 9.59 Å². The van der Waals surface area contributed by atoms with Crippen molar-refractivity contribution in [1.29, 1.82) is 0 Å². The van der Waals surface area contributed by atoms with Gasteiger partial charge in [0.2, 0.25) is 5.91 Å². The van der Waals surface area contributed by atoms with E-state index in [0.29, 0.717) is 29.5 Å². The topological polar surface area (TPSA) is 83.4 Å². The summed E-state index contributed by atoms with van der Waals surface area (Å²) in [6.45, 7) is 9.75. The molecule has 4 unspecified atom stereocenters. The van der Waals surface area contributed by atoms with Crippen molar-refractivity contribution in [3.05, 3.63) is 33.5 Å². The molecule has 1 aromatic rings. The molecule has 5 rings (SSSR count). The zero-order valence-corrected chi connectivity index (χ0v) is 25.6. The first-order valence-corrected chi connectivity index (χ1v) is 16.2. The van der Waals surface area contributed by atoms with Crippen molar-refractivity contribution in [3.63, 3.8) is 0 Å². The largest absolute Gasteiger partial charge is 0.465 e. The highest BCUT2D eigenvalue weighted by atomic mass is 32.1. The van der Waals surface area contributed by atoms with Crippen LogP contribution >= 0.6 is 11.3 Å². The second-order valence-electron chi connectivity index (χ2n) is 12.5. The smallest absolute Gasteiger partial charge is 0.338 e. The fraction of sp³-hybridized carbons (Fsp3) is 0.688. The molecule has 8 heteroatoms. The molecular weight excluding hydrogens is 520 g/mol. The average Bonchev–Trinajstić information content (AvgIpc) is 3.71. The van der Waals surface area contributed by atoms with Gasteiger partial charge in [-0.2, -0.15) is 10.2 Å². The van der Waals surface area contributed by atoms with E-state index >= 15 is 0 Å². The minimum absolute atomic E-state index is 0.0813. The van der Waals surface area contributed by atoms with Gasteiger partial charge in [-0.05, 0) is 74.8 Å². The van der Waals surface area contributed by atoms with E-state index in [1.165, 1.54) is 31.2 Å². The summed E-state index contributed by atoms with van der Waals surface area (Å²) in [6.07, 6.45) is 12.1. The quantitative estimate of drug-likeness (QED) is 0.325. The van der Waals surface area contributed by atoms with Crippen LogP contribution in [0, 0.1) is 23.7 Å². The lowest BCUT2D eigenvalue weighted by Crippen LogP contribution is -2.61. The first-order chi connectivity index (χ1) is 19.3. The van der Waals surface area contributed by atoms with Gasteiger partial charge in [-0.15, -0.1) is 11.3 Å². The molecule has 1 N–H and O–H groups in total. The van der Waals surface area contributed by atoms with Crippen molar-refractivity contribution < 1.29 is 14.3 Å². The summed E-state index contributed by atoms with van der Waals surface area (Å²) in [5, 5.41) is 14.1. The number of methoxy groups -OCH3 is 1. The van der Waals surface area contributed by atoms with Gasteiger partial charge in [-0.25, -0.2) is 4.79 Å². The average molecular weight is 567 g/mol. The molecule has 2 aliphatic heterocycles. The summed E-state index contributed by atoms with van der Waals surface area (Å²) in [5.74, 6) is 1.72. The Hall–Kier alpha value is -2.32. The Morgan fingerprint density at radius 2 is 2.00 bits per heavy atom. The molecule has 3 heterocycles. The Labute approximate surface area is 243 Å². The van der Waals surface area contributed by atoms with Gasteiger partial charge in [0.1, 0.15) is 0 Å². The molecule has 2 saturated carbocycles. The zero-order valence-electron chi connectivity index (χ0n) is 24.8. The van der Waals surface area contributed by atoms with Crippen LogP contribution in [0.3, 0.4) is 0 Å². The highest BCUT2D eigenvalue weighted by molar-refractivity contribution is 7.10. The molecule has 2 aliphatic carbocycles. The minimum Gasteiger partial charge on any atom is -0.465 e. The van der Waals surface area contributed by atoms with Crippen molar-refractivity contribution in [1.82, 2.24) is 10.2 Å². The van der Waals surface area contributed by atoms with Gasteiger partial charge < -0.3 is 10.1 Å². The number of amides is 1. The normalized spacial score (nSPS) is 28.7. The van der Waals surface area contributed by atoms with Crippen molar-refractivity contribution in [2.24, 2.45) is 33.9 Å². The van der Waals surface area contributed by atoms with E-state index in [-0.39, 0.29) is 23.8 Å². The summed E-state index contributed by atoms with van der Waals surface area (Å²) in [4.78, 5) is 29.0. The number of fused-ring (bicyclic) bond motifs is 1. The number of carbonyl (C=O) groups is 2. The van der Waals surface area contributed by atoms with Crippen molar-refractivity contribution in [2.75, 3.05) is 13.7 Å². The van der Waals surface area contributed by atoms with Gasteiger partial charge in [-0.3, -0.25) is 9.69 Å². The highest BCUT2D eigenvalue weighted by Gasteiger charge is 2.51. The first-order valence-electron chi connectivity index (χ1n) is 15.3. The van der Waals surface area contributed by atoms with Crippen LogP contribution in [0.15, 0.2) is 33.3 Å². The number of rotatable bonds is 10. The maximum atomic E-state index is 13.1. The van der Waals surface area contributed by atoms with Gasteiger partial charge in [0.05, 0.1) is 24.4 Å². The van der Waals surface area contributed by atoms with Crippen LogP contribution in [0.4, 0.5) is 0 Å². The predicted octanol–water partition coefficient (Wildman–Crippen LogP) is 6.56. The molecule has 1 saturated heterocycles. The number of esters is 1. The molecule has 4 aliphatic rings. The molecule has 1 amide bonds. The first kappa shape index (κ1) is 29.2. The molecule has 3 fully saturated rings. The third-order valence-electron chi connectivity index (χ3n) is 9.75. The van der Waals surface area contributed by atoms with Crippen LogP contribution in [0.25, 0.3) is 0 Å². The number of thiophene rings is 1. The fourth-order valence-corrected chi connectivity index (χ4v) is 8.39. The lowest BCUT2D eigenvalue weighted by atomic mass is 9.80. The molecule has 218 valence electrons. The summed E-state index contributed by atoms with van der Waals surface area (Å²) in [7, 11) is 1.41. The lowest BCUT2D eigenvalue weighted by molar-refractivity contribution is -0.125. The second-order valence-corrected chi connectivity index (χ2v) is 13.5. The summed E-state index contributed by atoms with van der Waals surface area (Å²) in [5.41, 5.74) is 4.17. The van der Waals surface area contributed by atoms with Gasteiger partial charge in [0.25, 0.3) is 0 Å². The predicted molar refractivity (Wildman–Crippen MR) is 162 cm³/mol.